The van der Waals surface area contributed by atoms with Gasteiger partial charge in [-0.25, -0.2) is 0 Å². The van der Waals surface area contributed by atoms with E-state index in [1.165, 1.54) is 31.2 Å². The van der Waals surface area contributed by atoms with Gasteiger partial charge in [0.05, 0.1) is 8.95 Å². The standard InChI is InChI=1S/C16H23Br2NO/c1-10(2)12-5-3-4-6-15(12)19-9-11-7-13(17)16(20)14(18)8-11/h7-8,10,12,15,19-20H,3-6,9H2,1-2H3. The lowest BCUT2D eigenvalue weighted by Crippen LogP contribution is -2.40. The predicted molar refractivity (Wildman–Crippen MR) is 90.9 cm³/mol. The predicted octanol–water partition coefficient (Wildman–Crippen LogP) is 5.22. The number of benzene rings is 1. The summed E-state index contributed by atoms with van der Waals surface area (Å²) in [6, 6.07) is 4.59. The molecule has 0 spiro atoms. The van der Waals surface area contributed by atoms with Gasteiger partial charge in [0.25, 0.3) is 0 Å². The lowest BCUT2D eigenvalue weighted by molar-refractivity contribution is 0.204. The molecule has 0 bridgehead atoms. The van der Waals surface area contributed by atoms with Crippen molar-refractivity contribution >= 4 is 31.9 Å². The quantitative estimate of drug-likeness (QED) is 0.720. The number of rotatable bonds is 4. The van der Waals surface area contributed by atoms with Crippen molar-refractivity contribution in [3.8, 4) is 5.75 Å². The van der Waals surface area contributed by atoms with Crippen molar-refractivity contribution in [1.29, 1.82) is 0 Å². The molecular formula is C16H23Br2NO. The molecule has 2 nitrogen and oxygen atoms in total. The molecule has 2 unspecified atom stereocenters. The van der Waals surface area contributed by atoms with Gasteiger partial charge in [0.2, 0.25) is 0 Å². The highest BCUT2D eigenvalue weighted by Gasteiger charge is 2.26. The first-order chi connectivity index (χ1) is 9.49. The minimum Gasteiger partial charge on any atom is -0.506 e. The summed E-state index contributed by atoms with van der Waals surface area (Å²) >= 11 is 6.78. The summed E-state index contributed by atoms with van der Waals surface area (Å²) in [6.07, 6.45) is 5.34. The molecule has 112 valence electrons. The van der Waals surface area contributed by atoms with Crippen molar-refractivity contribution in [1.82, 2.24) is 5.32 Å². The van der Waals surface area contributed by atoms with Crippen LogP contribution in [0.4, 0.5) is 0 Å². The summed E-state index contributed by atoms with van der Waals surface area (Å²) in [5.74, 6) is 1.80. The molecule has 1 aromatic rings. The molecule has 1 fully saturated rings. The number of aromatic hydroxyl groups is 1. The van der Waals surface area contributed by atoms with E-state index < -0.39 is 0 Å². The second kappa shape index (κ2) is 7.28. The smallest absolute Gasteiger partial charge is 0.143 e. The third-order valence-corrected chi connectivity index (χ3v) is 5.53. The molecule has 0 aromatic heterocycles. The van der Waals surface area contributed by atoms with Crippen molar-refractivity contribution < 1.29 is 5.11 Å². The Morgan fingerprint density at radius 2 is 1.80 bits per heavy atom. The molecule has 2 rings (SSSR count). The van der Waals surface area contributed by atoms with Gasteiger partial charge < -0.3 is 10.4 Å². The summed E-state index contributed by atoms with van der Waals surface area (Å²) in [6.45, 7) is 5.52. The number of phenols is 1. The Kier molecular flexibility index (Phi) is 5.94. The molecule has 2 N–H and O–H groups in total. The maximum absolute atomic E-state index is 9.75. The van der Waals surface area contributed by atoms with Gasteiger partial charge in [0.1, 0.15) is 5.75 Å². The number of hydrogen-bond acceptors (Lipinski definition) is 2. The number of nitrogens with one attached hydrogen (secondary N) is 1. The normalized spacial score (nSPS) is 23.2. The van der Waals surface area contributed by atoms with Crippen molar-refractivity contribution in [3.05, 3.63) is 26.6 Å². The molecule has 1 aromatic carbocycles. The van der Waals surface area contributed by atoms with Crippen LogP contribution in [-0.4, -0.2) is 11.1 Å². The van der Waals surface area contributed by atoms with Crippen LogP contribution in [0.2, 0.25) is 0 Å². The first-order valence-corrected chi connectivity index (χ1v) is 8.98. The van der Waals surface area contributed by atoms with Crippen LogP contribution < -0.4 is 5.32 Å². The van der Waals surface area contributed by atoms with Gasteiger partial charge in [0.15, 0.2) is 0 Å². The van der Waals surface area contributed by atoms with E-state index in [-0.39, 0.29) is 5.75 Å². The van der Waals surface area contributed by atoms with E-state index in [1.54, 1.807) is 0 Å². The van der Waals surface area contributed by atoms with E-state index in [9.17, 15) is 5.11 Å². The Morgan fingerprint density at radius 3 is 2.40 bits per heavy atom. The second-order valence-electron chi connectivity index (χ2n) is 6.09. The fraction of sp³-hybridized carbons (Fsp3) is 0.625. The Labute approximate surface area is 138 Å². The molecule has 0 aliphatic heterocycles. The van der Waals surface area contributed by atoms with Gasteiger partial charge in [0, 0.05) is 12.6 Å². The topological polar surface area (TPSA) is 32.3 Å². The second-order valence-corrected chi connectivity index (χ2v) is 7.80. The Bertz CT molecular complexity index is 439. The van der Waals surface area contributed by atoms with Crippen LogP contribution in [0.25, 0.3) is 0 Å². The number of phenolic OH excluding ortho intramolecular Hbond substituents is 1. The monoisotopic (exact) mass is 403 g/mol. The number of halogens is 2. The fourth-order valence-corrected chi connectivity index (χ4v) is 4.46. The molecular weight excluding hydrogens is 382 g/mol. The van der Waals surface area contributed by atoms with Crippen LogP contribution in [0.15, 0.2) is 21.1 Å². The van der Waals surface area contributed by atoms with Crippen LogP contribution in [0, 0.1) is 11.8 Å². The molecule has 0 saturated heterocycles. The lowest BCUT2D eigenvalue weighted by Gasteiger charge is -2.35. The van der Waals surface area contributed by atoms with Crippen LogP contribution in [0.1, 0.15) is 45.1 Å². The molecule has 20 heavy (non-hydrogen) atoms. The van der Waals surface area contributed by atoms with Crippen LogP contribution in [-0.2, 0) is 6.54 Å². The van der Waals surface area contributed by atoms with E-state index in [4.69, 9.17) is 0 Å². The zero-order chi connectivity index (χ0) is 14.7. The molecule has 0 radical (unpaired) electrons. The van der Waals surface area contributed by atoms with Crippen molar-refractivity contribution in [3.63, 3.8) is 0 Å². The highest BCUT2D eigenvalue weighted by molar-refractivity contribution is 9.11. The maximum atomic E-state index is 9.75. The lowest BCUT2D eigenvalue weighted by atomic mass is 9.78. The summed E-state index contributed by atoms with van der Waals surface area (Å²) in [5, 5.41) is 13.5. The summed E-state index contributed by atoms with van der Waals surface area (Å²) in [7, 11) is 0. The largest absolute Gasteiger partial charge is 0.506 e. The Hall–Kier alpha value is -0.0600. The van der Waals surface area contributed by atoms with E-state index in [0.29, 0.717) is 6.04 Å². The highest BCUT2D eigenvalue weighted by atomic mass is 79.9. The van der Waals surface area contributed by atoms with Gasteiger partial charge in [-0.1, -0.05) is 26.7 Å². The first-order valence-electron chi connectivity index (χ1n) is 7.39. The van der Waals surface area contributed by atoms with E-state index in [2.05, 4.69) is 51.0 Å². The zero-order valence-corrected chi connectivity index (χ0v) is 15.3. The molecule has 1 aliphatic carbocycles. The minimum atomic E-state index is 0.270. The van der Waals surface area contributed by atoms with Crippen LogP contribution in [0.3, 0.4) is 0 Å². The van der Waals surface area contributed by atoms with E-state index >= 15 is 0 Å². The third kappa shape index (κ3) is 3.99. The van der Waals surface area contributed by atoms with Gasteiger partial charge >= 0.3 is 0 Å². The molecule has 1 saturated carbocycles. The zero-order valence-electron chi connectivity index (χ0n) is 12.1. The number of hydrogen-bond donors (Lipinski definition) is 2. The minimum absolute atomic E-state index is 0.270. The van der Waals surface area contributed by atoms with E-state index in [1.807, 2.05) is 12.1 Å². The van der Waals surface area contributed by atoms with Crippen molar-refractivity contribution in [2.75, 3.05) is 0 Å². The van der Waals surface area contributed by atoms with Gasteiger partial charge in [-0.15, -0.1) is 0 Å². The van der Waals surface area contributed by atoms with Gasteiger partial charge in [-0.3, -0.25) is 0 Å². The molecule has 4 heteroatoms. The van der Waals surface area contributed by atoms with Crippen LogP contribution >= 0.6 is 31.9 Å². The Morgan fingerprint density at radius 1 is 1.20 bits per heavy atom. The van der Waals surface area contributed by atoms with Gasteiger partial charge in [-0.05, 0) is 74.2 Å². The summed E-state index contributed by atoms with van der Waals surface area (Å²) in [4.78, 5) is 0. The van der Waals surface area contributed by atoms with Crippen molar-refractivity contribution in [2.24, 2.45) is 11.8 Å². The fourth-order valence-electron chi connectivity index (χ4n) is 3.18. The van der Waals surface area contributed by atoms with Crippen LogP contribution in [0.5, 0.6) is 5.75 Å². The Balaban J connectivity index is 2.00. The molecule has 0 amide bonds. The van der Waals surface area contributed by atoms with E-state index in [0.717, 1.165) is 27.3 Å². The van der Waals surface area contributed by atoms with Crippen molar-refractivity contribution in [2.45, 2.75) is 52.1 Å². The SMILES string of the molecule is CC(C)C1CCCCC1NCc1cc(Br)c(O)c(Br)c1. The molecule has 1 aliphatic rings. The highest BCUT2D eigenvalue weighted by Crippen LogP contribution is 2.34. The molecule has 0 heterocycles. The molecule has 2 atom stereocenters. The summed E-state index contributed by atoms with van der Waals surface area (Å²) < 4.78 is 1.49. The average molecular weight is 405 g/mol. The summed E-state index contributed by atoms with van der Waals surface area (Å²) in [5.41, 5.74) is 1.19. The average Bonchev–Trinajstić information content (AvgIpc) is 2.42. The van der Waals surface area contributed by atoms with Gasteiger partial charge in [-0.2, -0.15) is 0 Å². The third-order valence-electron chi connectivity index (χ3n) is 4.32. The first kappa shape index (κ1) is 16.3. The maximum Gasteiger partial charge on any atom is 0.143 e.